The van der Waals surface area contributed by atoms with E-state index >= 15 is 0 Å². The van der Waals surface area contributed by atoms with Crippen molar-refractivity contribution in [2.45, 2.75) is 12.3 Å². The summed E-state index contributed by atoms with van der Waals surface area (Å²) in [7, 11) is 0. The van der Waals surface area contributed by atoms with Crippen LogP contribution in [0.2, 0.25) is 0 Å². The minimum absolute atomic E-state index is 0. The number of hydrogen-bond donors (Lipinski definition) is 2. The Morgan fingerprint density at radius 3 is 2.50 bits per heavy atom. The van der Waals surface area contributed by atoms with Crippen LogP contribution in [-0.2, 0) is 4.79 Å². The summed E-state index contributed by atoms with van der Waals surface area (Å²) in [5.41, 5.74) is 0. The van der Waals surface area contributed by atoms with E-state index in [0.29, 0.717) is 6.54 Å². The van der Waals surface area contributed by atoms with Gasteiger partial charge in [-0.25, -0.2) is 8.78 Å². The molecule has 0 amide bonds. The smallest absolute Gasteiger partial charge is 0.312 e. The van der Waals surface area contributed by atoms with Gasteiger partial charge in [0, 0.05) is 0 Å². The number of alkyl halides is 2. The molecule has 72 valence electrons. The molecule has 1 atom stereocenters. The molecule has 0 aromatic carbocycles. The molecule has 1 aliphatic heterocycles. The van der Waals surface area contributed by atoms with E-state index in [1.165, 1.54) is 0 Å². The molecule has 0 aromatic heterocycles. The lowest BCUT2D eigenvalue weighted by atomic mass is 9.94. The van der Waals surface area contributed by atoms with Crippen molar-refractivity contribution < 1.29 is 18.7 Å². The van der Waals surface area contributed by atoms with E-state index in [-0.39, 0.29) is 18.8 Å². The van der Waals surface area contributed by atoms with Gasteiger partial charge >= 0.3 is 5.97 Å². The summed E-state index contributed by atoms with van der Waals surface area (Å²) in [5.74, 6) is -6.01. The molecule has 1 aliphatic rings. The highest BCUT2D eigenvalue weighted by Crippen LogP contribution is 2.29. The summed E-state index contributed by atoms with van der Waals surface area (Å²) in [6.45, 7) is -0.170. The Balaban J connectivity index is 0.00000121. The molecule has 12 heavy (non-hydrogen) atoms. The van der Waals surface area contributed by atoms with Gasteiger partial charge in [0.25, 0.3) is 5.92 Å². The fourth-order valence-corrected chi connectivity index (χ4v) is 1.14. The number of carboxylic acids is 1. The normalized spacial score (nSPS) is 27.3. The molecular formula is C6H10ClF2NO2. The number of piperidine rings is 1. The van der Waals surface area contributed by atoms with Gasteiger partial charge in [0.1, 0.15) is 5.92 Å². The van der Waals surface area contributed by atoms with Crippen LogP contribution in [0.15, 0.2) is 0 Å². The molecule has 0 aromatic rings. The molecule has 2 N–H and O–H groups in total. The predicted molar refractivity (Wildman–Crippen MR) is 40.8 cm³/mol. The Morgan fingerprint density at radius 1 is 1.58 bits per heavy atom. The first-order chi connectivity index (χ1) is 5.04. The van der Waals surface area contributed by atoms with Gasteiger partial charge in [-0.05, 0) is 13.0 Å². The third-order valence-corrected chi connectivity index (χ3v) is 1.78. The second-order valence-corrected chi connectivity index (χ2v) is 2.62. The Bertz CT molecular complexity index is 177. The number of carboxylic acid groups (broad SMARTS) is 1. The molecule has 1 fully saturated rings. The lowest BCUT2D eigenvalue weighted by molar-refractivity contribution is -0.159. The van der Waals surface area contributed by atoms with Crippen molar-refractivity contribution in [3.05, 3.63) is 0 Å². The number of hydrogen-bond acceptors (Lipinski definition) is 2. The van der Waals surface area contributed by atoms with Crippen molar-refractivity contribution in [2.75, 3.05) is 13.1 Å². The molecule has 1 saturated heterocycles. The maximum absolute atomic E-state index is 12.7. The van der Waals surface area contributed by atoms with Crippen molar-refractivity contribution in [2.24, 2.45) is 5.92 Å². The molecule has 1 heterocycles. The van der Waals surface area contributed by atoms with Crippen LogP contribution in [0.5, 0.6) is 0 Å². The van der Waals surface area contributed by atoms with Gasteiger partial charge in [-0.2, -0.15) is 0 Å². The highest BCUT2D eigenvalue weighted by molar-refractivity contribution is 5.85. The zero-order valence-corrected chi connectivity index (χ0v) is 7.03. The SMILES string of the molecule is Cl.O=C(O)[C@@H]1CCNCC1(F)F. The molecule has 0 radical (unpaired) electrons. The molecule has 3 nitrogen and oxygen atoms in total. The Kier molecular flexibility index (Phi) is 3.86. The van der Waals surface area contributed by atoms with Gasteiger partial charge in [0.05, 0.1) is 6.54 Å². The molecule has 0 saturated carbocycles. The molecule has 0 unspecified atom stereocenters. The monoisotopic (exact) mass is 201 g/mol. The summed E-state index contributed by atoms with van der Waals surface area (Å²) in [4.78, 5) is 10.3. The van der Waals surface area contributed by atoms with Gasteiger partial charge < -0.3 is 10.4 Å². The van der Waals surface area contributed by atoms with Crippen molar-refractivity contribution in [3.8, 4) is 0 Å². The molecular weight excluding hydrogens is 192 g/mol. The van der Waals surface area contributed by atoms with E-state index in [1.54, 1.807) is 0 Å². The van der Waals surface area contributed by atoms with Crippen LogP contribution in [0, 0.1) is 5.92 Å². The van der Waals surface area contributed by atoms with E-state index in [0.717, 1.165) is 0 Å². The Labute approximate surface area is 74.5 Å². The van der Waals surface area contributed by atoms with Crippen LogP contribution < -0.4 is 5.32 Å². The van der Waals surface area contributed by atoms with Crippen molar-refractivity contribution in [3.63, 3.8) is 0 Å². The highest BCUT2D eigenvalue weighted by atomic mass is 35.5. The van der Waals surface area contributed by atoms with E-state index in [2.05, 4.69) is 5.32 Å². The largest absolute Gasteiger partial charge is 0.481 e. The molecule has 1 rings (SSSR count). The minimum atomic E-state index is -3.09. The maximum atomic E-state index is 12.7. The summed E-state index contributed by atoms with van der Waals surface area (Å²) in [5, 5.41) is 10.8. The van der Waals surface area contributed by atoms with Crippen LogP contribution >= 0.6 is 12.4 Å². The lowest BCUT2D eigenvalue weighted by Crippen LogP contribution is -2.49. The van der Waals surface area contributed by atoms with Crippen molar-refractivity contribution in [1.82, 2.24) is 5.32 Å². The molecule has 0 spiro atoms. The first-order valence-electron chi connectivity index (χ1n) is 3.35. The van der Waals surface area contributed by atoms with Gasteiger partial charge in [-0.3, -0.25) is 4.79 Å². The quantitative estimate of drug-likeness (QED) is 0.658. The second-order valence-electron chi connectivity index (χ2n) is 2.62. The van der Waals surface area contributed by atoms with Gasteiger partial charge in [-0.15, -0.1) is 12.4 Å². The highest BCUT2D eigenvalue weighted by Gasteiger charge is 2.45. The minimum Gasteiger partial charge on any atom is -0.481 e. The van der Waals surface area contributed by atoms with E-state index < -0.39 is 24.4 Å². The first-order valence-corrected chi connectivity index (χ1v) is 3.35. The second kappa shape index (κ2) is 4.00. The number of halogens is 3. The maximum Gasteiger partial charge on any atom is 0.312 e. The van der Waals surface area contributed by atoms with E-state index in [1.807, 2.05) is 0 Å². The van der Waals surface area contributed by atoms with E-state index in [4.69, 9.17) is 5.11 Å². The summed E-state index contributed by atoms with van der Waals surface area (Å²) >= 11 is 0. The van der Waals surface area contributed by atoms with Crippen LogP contribution in [0.1, 0.15) is 6.42 Å². The fourth-order valence-electron chi connectivity index (χ4n) is 1.14. The van der Waals surface area contributed by atoms with E-state index in [9.17, 15) is 13.6 Å². The number of rotatable bonds is 1. The third-order valence-electron chi connectivity index (χ3n) is 1.78. The van der Waals surface area contributed by atoms with Crippen LogP contribution in [-0.4, -0.2) is 30.1 Å². The van der Waals surface area contributed by atoms with Crippen molar-refractivity contribution >= 4 is 18.4 Å². The van der Waals surface area contributed by atoms with Crippen molar-refractivity contribution in [1.29, 1.82) is 0 Å². The number of carbonyl (C=O) groups is 1. The zero-order chi connectivity index (χ0) is 8.48. The fraction of sp³-hybridized carbons (Fsp3) is 0.833. The average molecular weight is 202 g/mol. The van der Waals surface area contributed by atoms with Gasteiger partial charge in [0.2, 0.25) is 0 Å². The third kappa shape index (κ3) is 2.28. The van der Waals surface area contributed by atoms with Crippen LogP contribution in [0.4, 0.5) is 8.78 Å². The summed E-state index contributed by atoms with van der Waals surface area (Å²) < 4.78 is 25.4. The zero-order valence-electron chi connectivity index (χ0n) is 6.22. The Hall–Kier alpha value is -0.420. The number of aliphatic carboxylic acids is 1. The molecule has 0 bridgehead atoms. The topological polar surface area (TPSA) is 49.3 Å². The molecule has 0 aliphatic carbocycles. The predicted octanol–water partition coefficient (Wildman–Crippen LogP) is 0.738. The van der Waals surface area contributed by atoms with Crippen LogP contribution in [0.25, 0.3) is 0 Å². The lowest BCUT2D eigenvalue weighted by Gasteiger charge is -2.28. The Morgan fingerprint density at radius 2 is 2.17 bits per heavy atom. The van der Waals surface area contributed by atoms with Crippen LogP contribution in [0.3, 0.4) is 0 Å². The van der Waals surface area contributed by atoms with Gasteiger partial charge in [-0.1, -0.05) is 0 Å². The average Bonchev–Trinajstić information content (AvgIpc) is 1.85. The standard InChI is InChI=1S/C6H9F2NO2.ClH/c7-6(8)3-9-2-1-4(6)5(10)11;/h4,9H,1-3H2,(H,10,11);1H/t4-;/m0./s1. The number of nitrogens with one attached hydrogen (secondary N) is 1. The summed E-state index contributed by atoms with van der Waals surface area (Å²) in [6.07, 6.45) is 0.00231. The summed E-state index contributed by atoms with van der Waals surface area (Å²) in [6, 6.07) is 0. The van der Waals surface area contributed by atoms with Gasteiger partial charge in [0.15, 0.2) is 0 Å². The first kappa shape index (κ1) is 11.6. The molecule has 6 heteroatoms.